The molecule has 3 unspecified atom stereocenters. The van der Waals surface area contributed by atoms with E-state index in [0.29, 0.717) is 12.0 Å². The van der Waals surface area contributed by atoms with Gasteiger partial charge in [-0.15, -0.1) is 0 Å². The molecule has 3 rings (SSSR count). The summed E-state index contributed by atoms with van der Waals surface area (Å²) in [6, 6.07) is 0.481. The fourth-order valence-electron chi connectivity index (χ4n) is 2.88. The molecule has 1 aromatic rings. The highest BCUT2D eigenvalue weighted by Gasteiger charge is 2.37. The predicted molar refractivity (Wildman–Crippen MR) is 67.9 cm³/mol. The third-order valence-electron chi connectivity index (χ3n) is 4.09. The van der Waals surface area contributed by atoms with Crippen LogP contribution < -0.4 is 5.32 Å². The van der Waals surface area contributed by atoms with Crippen molar-refractivity contribution in [3.63, 3.8) is 0 Å². The molecule has 1 saturated carbocycles. The van der Waals surface area contributed by atoms with Gasteiger partial charge in [0.25, 0.3) is 0 Å². The van der Waals surface area contributed by atoms with Gasteiger partial charge in [-0.05, 0) is 38.1 Å². The minimum Gasteiger partial charge on any atom is -0.310 e. The molecular weight excluding hydrogens is 210 g/mol. The van der Waals surface area contributed by atoms with Crippen LogP contribution in [0, 0.1) is 5.92 Å². The minimum atomic E-state index is 0.481. The van der Waals surface area contributed by atoms with Gasteiger partial charge in [0.05, 0.1) is 0 Å². The Balaban J connectivity index is 1.87. The summed E-state index contributed by atoms with van der Waals surface area (Å²) in [5.41, 5.74) is 2.64. The van der Waals surface area contributed by atoms with E-state index in [4.69, 9.17) is 4.98 Å². The van der Waals surface area contributed by atoms with Crippen molar-refractivity contribution in [3.05, 3.63) is 23.3 Å². The van der Waals surface area contributed by atoms with E-state index in [2.05, 4.69) is 30.3 Å². The Morgan fingerprint density at radius 3 is 3.00 bits per heavy atom. The third-order valence-corrected chi connectivity index (χ3v) is 4.09. The quantitative estimate of drug-likeness (QED) is 0.869. The lowest BCUT2D eigenvalue weighted by atomic mass is 9.92. The number of hydrogen-bond donors (Lipinski definition) is 1. The molecule has 0 amide bonds. The summed E-state index contributed by atoms with van der Waals surface area (Å²) >= 11 is 0. The van der Waals surface area contributed by atoms with Crippen molar-refractivity contribution in [2.45, 2.75) is 51.5 Å². The molecule has 3 heteroatoms. The molecule has 17 heavy (non-hydrogen) atoms. The van der Waals surface area contributed by atoms with Crippen LogP contribution in [0.25, 0.3) is 0 Å². The standard InChI is InChI=1S/C14H21N3/c1-3-15-12-5-4-6-13-11(12)8-16-14(17-13)10-7-9(10)2/h8-10,12,15H,3-7H2,1-2H3. The van der Waals surface area contributed by atoms with E-state index >= 15 is 0 Å². The zero-order chi connectivity index (χ0) is 11.8. The van der Waals surface area contributed by atoms with Gasteiger partial charge in [0, 0.05) is 29.4 Å². The first kappa shape index (κ1) is 11.1. The molecule has 0 saturated heterocycles. The maximum absolute atomic E-state index is 4.81. The molecule has 3 nitrogen and oxygen atoms in total. The Morgan fingerprint density at radius 1 is 1.47 bits per heavy atom. The van der Waals surface area contributed by atoms with Crippen LogP contribution in [0.1, 0.15) is 62.2 Å². The van der Waals surface area contributed by atoms with Crippen molar-refractivity contribution in [1.29, 1.82) is 0 Å². The number of hydrogen-bond acceptors (Lipinski definition) is 3. The molecule has 2 aliphatic rings. The van der Waals surface area contributed by atoms with Crippen molar-refractivity contribution >= 4 is 0 Å². The lowest BCUT2D eigenvalue weighted by Gasteiger charge is -2.25. The molecule has 1 N–H and O–H groups in total. The molecular formula is C14H21N3. The molecule has 0 bridgehead atoms. The summed E-state index contributed by atoms with van der Waals surface area (Å²) in [5, 5.41) is 3.53. The molecule has 3 atom stereocenters. The van der Waals surface area contributed by atoms with Crippen LogP contribution in [0.5, 0.6) is 0 Å². The molecule has 1 heterocycles. The van der Waals surface area contributed by atoms with Crippen LogP contribution in [0.3, 0.4) is 0 Å². The maximum atomic E-state index is 4.81. The van der Waals surface area contributed by atoms with Gasteiger partial charge < -0.3 is 5.32 Å². The normalized spacial score (nSPS) is 31.1. The summed E-state index contributed by atoms with van der Waals surface area (Å²) in [7, 11) is 0. The number of aryl methyl sites for hydroxylation is 1. The van der Waals surface area contributed by atoms with Crippen LogP contribution in [0.2, 0.25) is 0 Å². The molecule has 92 valence electrons. The molecule has 1 fully saturated rings. The number of aromatic nitrogens is 2. The van der Waals surface area contributed by atoms with E-state index in [1.54, 1.807) is 0 Å². The van der Waals surface area contributed by atoms with E-state index in [1.807, 2.05) is 0 Å². The molecule has 0 spiro atoms. The number of fused-ring (bicyclic) bond motifs is 1. The highest BCUT2D eigenvalue weighted by molar-refractivity contribution is 5.26. The van der Waals surface area contributed by atoms with Crippen LogP contribution in [0.15, 0.2) is 6.20 Å². The highest BCUT2D eigenvalue weighted by atomic mass is 15.0. The van der Waals surface area contributed by atoms with Crippen molar-refractivity contribution < 1.29 is 0 Å². The van der Waals surface area contributed by atoms with Crippen molar-refractivity contribution in [3.8, 4) is 0 Å². The van der Waals surface area contributed by atoms with E-state index < -0.39 is 0 Å². The largest absolute Gasteiger partial charge is 0.310 e. The van der Waals surface area contributed by atoms with Gasteiger partial charge in [0.1, 0.15) is 5.82 Å². The molecule has 0 radical (unpaired) electrons. The third kappa shape index (κ3) is 2.08. The second-order valence-electron chi connectivity index (χ2n) is 5.45. The van der Waals surface area contributed by atoms with Crippen molar-refractivity contribution in [2.75, 3.05) is 6.54 Å². The smallest absolute Gasteiger partial charge is 0.131 e. The summed E-state index contributed by atoms with van der Waals surface area (Å²) in [4.78, 5) is 9.39. The average molecular weight is 231 g/mol. The van der Waals surface area contributed by atoms with E-state index in [1.165, 1.54) is 30.5 Å². The molecule has 2 aliphatic carbocycles. The van der Waals surface area contributed by atoms with Gasteiger partial charge in [-0.2, -0.15) is 0 Å². The lowest BCUT2D eigenvalue weighted by Crippen LogP contribution is -2.26. The number of rotatable bonds is 3. The summed E-state index contributed by atoms with van der Waals surface area (Å²) < 4.78 is 0. The zero-order valence-electron chi connectivity index (χ0n) is 10.7. The minimum absolute atomic E-state index is 0.481. The first-order valence-electron chi connectivity index (χ1n) is 6.88. The van der Waals surface area contributed by atoms with E-state index in [9.17, 15) is 0 Å². The average Bonchev–Trinajstić information content (AvgIpc) is 3.07. The summed E-state index contributed by atoms with van der Waals surface area (Å²) in [5.74, 6) is 2.52. The Morgan fingerprint density at radius 2 is 2.29 bits per heavy atom. The van der Waals surface area contributed by atoms with Crippen LogP contribution in [-0.4, -0.2) is 16.5 Å². The Labute approximate surface area is 103 Å². The van der Waals surface area contributed by atoms with Gasteiger partial charge in [0.15, 0.2) is 0 Å². The summed E-state index contributed by atoms with van der Waals surface area (Å²) in [6.07, 6.45) is 6.96. The van der Waals surface area contributed by atoms with Gasteiger partial charge >= 0.3 is 0 Å². The molecule has 0 aromatic carbocycles. The van der Waals surface area contributed by atoms with Crippen LogP contribution in [-0.2, 0) is 6.42 Å². The van der Waals surface area contributed by atoms with E-state index in [0.717, 1.165) is 24.7 Å². The predicted octanol–water partition coefficient (Wildman–Crippen LogP) is 2.59. The van der Waals surface area contributed by atoms with Gasteiger partial charge in [0.2, 0.25) is 0 Å². The highest BCUT2D eigenvalue weighted by Crippen LogP contribution is 2.45. The second kappa shape index (κ2) is 4.37. The monoisotopic (exact) mass is 231 g/mol. The SMILES string of the molecule is CCNC1CCCc2nc(C3CC3C)ncc21. The Hall–Kier alpha value is -0.960. The van der Waals surface area contributed by atoms with Crippen molar-refractivity contribution in [1.82, 2.24) is 15.3 Å². The topological polar surface area (TPSA) is 37.8 Å². The fourth-order valence-corrected chi connectivity index (χ4v) is 2.88. The lowest BCUT2D eigenvalue weighted by molar-refractivity contribution is 0.462. The first-order valence-corrected chi connectivity index (χ1v) is 6.88. The zero-order valence-corrected chi connectivity index (χ0v) is 10.7. The Bertz CT molecular complexity index is 416. The summed E-state index contributed by atoms with van der Waals surface area (Å²) in [6.45, 7) is 5.47. The van der Waals surface area contributed by atoms with E-state index in [-0.39, 0.29) is 0 Å². The second-order valence-corrected chi connectivity index (χ2v) is 5.45. The van der Waals surface area contributed by atoms with Crippen LogP contribution >= 0.6 is 0 Å². The Kier molecular flexibility index (Phi) is 2.87. The van der Waals surface area contributed by atoms with Gasteiger partial charge in [-0.3, -0.25) is 0 Å². The van der Waals surface area contributed by atoms with Crippen molar-refractivity contribution in [2.24, 2.45) is 5.92 Å². The molecule has 1 aromatic heterocycles. The molecule has 0 aliphatic heterocycles. The first-order chi connectivity index (χ1) is 8.29. The number of nitrogens with one attached hydrogen (secondary N) is 1. The van der Waals surface area contributed by atoms with Gasteiger partial charge in [-0.25, -0.2) is 9.97 Å². The fraction of sp³-hybridized carbons (Fsp3) is 0.714. The number of nitrogens with zero attached hydrogens (tertiary/aromatic N) is 2. The maximum Gasteiger partial charge on any atom is 0.131 e. The van der Waals surface area contributed by atoms with Gasteiger partial charge in [-0.1, -0.05) is 13.8 Å². The van der Waals surface area contributed by atoms with Crippen LogP contribution in [0.4, 0.5) is 0 Å².